The number of β-amino-alcohol motifs (C(OH)–C–C–N with tert-alkyl or cyclic N) is 1. The molecular weight excluding hydrogens is 254 g/mol. The van der Waals surface area contributed by atoms with Crippen LogP contribution in [0.3, 0.4) is 0 Å². The second-order valence-corrected chi connectivity index (χ2v) is 5.83. The molecule has 2 unspecified atom stereocenters. The van der Waals surface area contributed by atoms with Gasteiger partial charge in [-0.3, -0.25) is 0 Å². The van der Waals surface area contributed by atoms with Crippen molar-refractivity contribution in [1.82, 2.24) is 4.90 Å². The van der Waals surface area contributed by atoms with Gasteiger partial charge in [0.05, 0.1) is 0 Å². The van der Waals surface area contributed by atoms with E-state index < -0.39 is 6.10 Å². The molecule has 1 heterocycles. The van der Waals surface area contributed by atoms with Gasteiger partial charge in [0.25, 0.3) is 0 Å². The molecule has 0 bridgehead atoms. The maximum atomic E-state index is 10.1. The summed E-state index contributed by atoms with van der Waals surface area (Å²) in [5, 5.41) is 19.2. The van der Waals surface area contributed by atoms with E-state index in [4.69, 9.17) is 9.84 Å². The molecule has 20 heavy (non-hydrogen) atoms. The number of nitrogens with zero attached hydrogens (tertiary/aromatic N) is 1. The molecule has 0 aliphatic carbocycles. The lowest BCUT2D eigenvalue weighted by Gasteiger charge is -2.20. The molecular formula is C16H25NO3. The van der Waals surface area contributed by atoms with E-state index in [0.29, 0.717) is 19.1 Å². The van der Waals surface area contributed by atoms with E-state index in [0.717, 1.165) is 36.4 Å². The van der Waals surface area contributed by atoms with E-state index >= 15 is 0 Å². The monoisotopic (exact) mass is 279 g/mol. The minimum absolute atomic E-state index is 0.242. The first-order valence-corrected chi connectivity index (χ1v) is 7.30. The fourth-order valence-corrected chi connectivity index (χ4v) is 2.63. The minimum atomic E-state index is -0.493. The highest BCUT2D eigenvalue weighted by atomic mass is 16.5. The van der Waals surface area contributed by atoms with Gasteiger partial charge in [0, 0.05) is 19.7 Å². The topological polar surface area (TPSA) is 52.9 Å². The van der Waals surface area contributed by atoms with Crippen molar-refractivity contribution < 1.29 is 14.9 Å². The lowest BCUT2D eigenvalue weighted by Crippen LogP contribution is -2.34. The molecule has 4 heteroatoms. The smallest absolute Gasteiger partial charge is 0.122 e. The molecule has 112 valence electrons. The number of benzene rings is 1. The van der Waals surface area contributed by atoms with Gasteiger partial charge in [-0.05, 0) is 49.9 Å². The second kappa shape index (κ2) is 7.07. The summed E-state index contributed by atoms with van der Waals surface area (Å²) in [4.78, 5) is 2.19. The van der Waals surface area contributed by atoms with E-state index in [2.05, 4.69) is 11.0 Å². The molecule has 1 aromatic rings. The van der Waals surface area contributed by atoms with Crippen LogP contribution in [0.4, 0.5) is 0 Å². The first-order chi connectivity index (χ1) is 9.58. The van der Waals surface area contributed by atoms with Crippen LogP contribution in [0.2, 0.25) is 0 Å². The molecule has 0 amide bonds. The zero-order chi connectivity index (χ0) is 14.5. The quantitative estimate of drug-likeness (QED) is 0.825. The third-order valence-electron chi connectivity index (χ3n) is 3.87. The van der Waals surface area contributed by atoms with Crippen molar-refractivity contribution >= 4 is 0 Å². The fraction of sp³-hybridized carbons (Fsp3) is 0.625. The van der Waals surface area contributed by atoms with Crippen LogP contribution in [-0.2, 0) is 0 Å². The highest BCUT2D eigenvalue weighted by molar-refractivity contribution is 5.35. The van der Waals surface area contributed by atoms with Crippen molar-refractivity contribution in [3.8, 4) is 5.75 Å². The number of likely N-dealkylation sites (tertiary alicyclic amines) is 1. The summed E-state index contributed by atoms with van der Waals surface area (Å²) in [6.45, 7) is 7.02. The Labute approximate surface area is 121 Å². The zero-order valence-corrected chi connectivity index (χ0v) is 12.4. The number of hydrogen-bond donors (Lipinski definition) is 2. The highest BCUT2D eigenvalue weighted by Crippen LogP contribution is 2.20. The summed E-state index contributed by atoms with van der Waals surface area (Å²) in [6, 6.07) is 6.08. The normalized spacial score (nSPS) is 21.1. The average molecular weight is 279 g/mol. The summed E-state index contributed by atoms with van der Waals surface area (Å²) < 4.78 is 5.72. The van der Waals surface area contributed by atoms with E-state index in [9.17, 15) is 5.11 Å². The van der Waals surface area contributed by atoms with Crippen LogP contribution in [-0.4, -0.2) is 54.1 Å². The number of aliphatic hydroxyl groups excluding tert-OH is 2. The van der Waals surface area contributed by atoms with Gasteiger partial charge in [-0.1, -0.05) is 12.1 Å². The Balaban J connectivity index is 1.77. The largest absolute Gasteiger partial charge is 0.491 e. The molecule has 2 N–H and O–H groups in total. The summed E-state index contributed by atoms with van der Waals surface area (Å²) in [7, 11) is 0. The molecule has 0 aromatic heterocycles. The third kappa shape index (κ3) is 4.20. The maximum absolute atomic E-state index is 10.1. The van der Waals surface area contributed by atoms with Crippen molar-refractivity contribution in [3.63, 3.8) is 0 Å². The zero-order valence-electron chi connectivity index (χ0n) is 12.4. The molecule has 1 fully saturated rings. The van der Waals surface area contributed by atoms with Crippen molar-refractivity contribution in [2.24, 2.45) is 5.92 Å². The first-order valence-electron chi connectivity index (χ1n) is 7.30. The predicted molar refractivity (Wildman–Crippen MR) is 79.1 cm³/mol. The van der Waals surface area contributed by atoms with Gasteiger partial charge in [-0.15, -0.1) is 0 Å². The minimum Gasteiger partial charge on any atom is -0.491 e. The second-order valence-electron chi connectivity index (χ2n) is 5.83. The Kier molecular flexibility index (Phi) is 5.40. The third-order valence-corrected chi connectivity index (χ3v) is 3.87. The van der Waals surface area contributed by atoms with Gasteiger partial charge in [0.2, 0.25) is 0 Å². The van der Waals surface area contributed by atoms with Gasteiger partial charge in [-0.2, -0.15) is 0 Å². The molecule has 2 atom stereocenters. The van der Waals surface area contributed by atoms with Gasteiger partial charge in [0.15, 0.2) is 0 Å². The fourth-order valence-electron chi connectivity index (χ4n) is 2.63. The summed E-state index contributed by atoms with van der Waals surface area (Å²) >= 11 is 0. The maximum Gasteiger partial charge on any atom is 0.122 e. The summed E-state index contributed by atoms with van der Waals surface area (Å²) in [5.41, 5.74) is 2.25. The van der Waals surface area contributed by atoms with Gasteiger partial charge in [0.1, 0.15) is 18.5 Å². The van der Waals surface area contributed by atoms with Crippen molar-refractivity contribution in [2.75, 3.05) is 32.8 Å². The Bertz CT molecular complexity index is 436. The van der Waals surface area contributed by atoms with Crippen LogP contribution in [0.25, 0.3) is 0 Å². The van der Waals surface area contributed by atoms with Crippen LogP contribution in [0.1, 0.15) is 17.5 Å². The molecule has 1 aromatic carbocycles. The molecule has 1 aliphatic heterocycles. The molecule has 0 saturated carbocycles. The Morgan fingerprint density at radius 2 is 2.20 bits per heavy atom. The average Bonchev–Trinajstić information content (AvgIpc) is 2.87. The van der Waals surface area contributed by atoms with E-state index in [1.54, 1.807) is 0 Å². The Morgan fingerprint density at radius 3 is 2.90 bits per heavy atom. The van der Waals surface area contributed by atoms with Crippen LogP contribution in [0.5, 0.6) is 5.75 Å². The van der Waals surface area contributed by atoms with Crippen molar-refractivity contribution in [1.29, 1.82) is 0 Å². The van der Waals surface area contributed by atoms with Crippen LogP contribution < -0.4 is 4.74 Å². The summed E-state index contributed by atoms with van der Waals surface area (Å²) in [5.74, 6) is 1.21. The number of aryl methyl sites for hydroxylation is 2. The van der Waals surface area contributed by atoms with Gasteiger partial charge in [-0.25, -0.2) is 0 Å². The molecule has 0 radical (unpaired) electrons. The van der Waals surface area contributed by atoms with E-state index in [-0.39, 0.29) is 6.61 Å². The molecule has 0 spiro atoms. The Morgan fingerprint density at radius 1 is 1.40 bits per heavy atom. The van der Waals surface area contributed by atoms with Gasteiger partial charge >= 0.3 is 0 Å². The molecule has 2 rings (SSSR count). The standard InChI is InChI=1S/C16H25NO3/c1-12-3-4-13(2)16(7-12)20-11-15(19)9-17-6-5-14(8-17)10-18/h3-4,7,14-15,18-19H,5-6,8-11H2,1-2H3. The number of ether oxygens (including phenoxy) is 1. The van der Waals surface area contributed by atoms with Crippen LogP contribution in [0, 0.1) is 19.8 Å². The molecule has 4 nitrogen and oxygen atoms in total. The molecule has 1 aliphatic rings. The summed E-state index contributed by atoms with van der Waals surface area (Å²) in [6.07, 6.45) is 0.522. The van der Waals surface area contributed by atoms with Crippen molar-refractivity contribution in [2.45, 2.75) is 26.4 Å². The van der Waals surface area contributed by atoms with Crippen LogP contribution >= 0.6 is 0 Å². The van der Waals surface area contributed by atoms with E-state index in [1.165, 1.54) is 0 Å². The molecule has 1 saturated heterocycles. The SMILES string of the molecule is Cc1ccc(C)c(OCC(O)CN2CCC(CO)C2)c1. The van der Waals surface area contributed by atoms with Gasteiger partial charge < -0.3 is 19.8 Å². The lowest BCUT2D eigenvalue weighted by atomic mass is 10.1. The Hall–Kier alpha value is -1.10. The van der Waals surface area contributed by atoms with E-state index in [1.807, 2.05) is 26.0 Å². The predicted octanol–water partition coefficient (Wildman–Crippen LogP) is 1.36. The lowest BCUT2D eigenvalue weighted by molar-refractivity contribution is 0.0732. The van der Waals surface area contributed by atoms with Crippen LogP contribution in [0.15, 0.2) is 18.2 Å². The number of hydrogen-bond acceptors (Lipinski definition) is 4. The first kappa shape index (κ1) is 15.3. The number of rotatable bonds is 6. The number of aliphatic hydroxyl groups is 2. The highest BCUT2D eigenvalue weighted by Gasteiger charge is 2.23. The van der Waals surface area contributed by atoms with Crippen molar-refractivity contribution in [3.05, 3.63) is 29.3 Å².